The van der Waals surface area contributed by atoms with Crippen molar-refractivity contribution < 1.29 is 9.84 Å². The smallest absolute Gasteiger partial charge is 0.0844 e. The van der Waals surface area contributed by atoms with E-state index in [1.807, 2.05) is 25.1 Å². The molecule has 1 aliphatic heterocycles. The predicted molar refractivity (Wildman–Crippen MR) is 62.8 cm³/mol. The van der Waals surface area contributed by atoms with Gasteiger partial charge in [0.15, 0.2) is 0 Å². The highest BCUT2D eigenvalue weighted by atomic mass is 79.9. The van der Waals surface area contributed by atoms with Crippen molar-refractivity contribution in [3.8, 4) is 0 Å². The fourth-order valence-corrected chi connectivity index (χ4v) is 2.36. The molecule has 2 nitrogen and oxygen atoms in total. The molecule has 82 valence electrons. The molecule has 15 heavy (non-hydrogen) atoms. The standard InChI is InChI=1S/C12H15BrO2/c1-8-2-3-10(13)6-11(8)12(14)9-4-5-15-7-9/h2-3,6,9,12,14H,4-5,7H2,1H3. The predicted octanol–water partition coefficient (Wildman–Crippen LogP) is 2.83. The average molecular weight is 271 g/mol. The second kappa shape index (κ2) is 4.64. The maximum atomic E-state index is 10.2. The van der Waals surface area contributed by atoms with Gasteiger partial charge < -0.3 is 9.84 Å². The molecule has 1 aromatic rings. The maximum absolute atomic E-state index is 10.2. The Morgan fingerprint density at radius 3 is 3.00 bits per heavy atom. The lowest BCUT2D eigenvalue weighted by Gasteiger charge is -2.19. The maximum Gasteiger partial charge on any atom is 0.0844 e. The lowest BCUT2D eigenvalue weighted by molar-refractivity contribution is 0.0913. The van der Waals surface area contributed by atoms with Crippen LogP contribution in [0.25, 0.3) is 0 Å². The first-order chi connectivity index (χ1) is 7.18. The summed E-state index contributed by atoms with van der Waals surface area (Å²) in [6.07, 6.45) is 0.553. The molecule has 0 saturated carbocycles. The van der Waals surface area contributed by atoms with Gasteiger partial charge in [0.2, 0.25) is 0 Å². The number of hydrogen-bond donors (Lipinski definition) is 1. The number of halogens is 1. The van der Waals surface area contributed by atoms with Crippen LogP contribution in [0.5, 0.6) is 0 Å². The van der Waals surface area contributed by atoms with Crippen molar-refractivity contribution in [2.45, 2.75) is 19.4 Å². The second-order valence-electron chi connectivity index (χ2n) is 4.07. The second-order valence-corrected chi connectivity index (χ2v) is 4.99. The van der Waals surface area contributed by atoms with Crippen LogP contribution in [0.2, 0.25) is 0 Å². The Kier molecular flexibility index (Phi) is 3.44. The first kappa shape index (κ1) is 11.1. The Morgan fingerprint density at radius 2 is 2.33 bits per heavy atom. The number of hydrogen-bond acceptors (Lipinski definition) is 2. The van der Waals surface area contributed by atoms with Crippen molar-refractivity contribution in [2.24, 2.45) is 5.92 Å². The van der Waals surface area contributed by atoms with E-state index in [4.69, 9.17) is 4.74 Å². The molecule has 1 saturated heterocycles. The van der Waals surface area contributed by atoms with Crippen LogP contribution in [0.15, 0.2) is 22.7 Å². The van der Waals surface area contributed by atoms with Gasteiger partial charge in [-0.25, -0.2) is 0 Å². The monoisotopic (exact) mass is 270 g/mol. The number of aryl methyl sites for hydroxylation is 1. The quantitative estimate of drug-likeness (QED) is 0.896. The summed E-state index contributed by atoms with van der Waals surface area (Å²) >= 11 is 3.43. The van der Waals surface area contributed by atoms with Crippen LogP contribution < -0.4 is 0 Å². The van der Waals surface area contributed by atoms with E-state index in [1.54, 1.807) is 0 Å². The zero-order chi connectivity index (χ0) is 10.8. The lowest BCUT2D eigenvalue weighted by Crippen LogP contribution is -2.13. The minimum Gasteiger partial charge on any atom is -0.388 e. The van der Waals surface area contributed by atoms with Gasteiger partial charge in [-0.3, -0.25) is 0 Å². The molecule has 0 aliphatic carbocycles. The minimum absolute atomic E-state index is 0.248. The van der Waals surface area contributed by atoms with E-state index in [9.17, 15) is 5.11 Å². The van der Waals surface area contributed by atoms with Crippen LogP contribution in [0.4, 0.5) is 0 Å². The van der Waals surface area contributed by atoms with E-state index in [0.717, 1.165) is 28.6 Å². The first-order valence-electron chi connectivity index (χ1n) is 5.20. The normalized spacial score (nSPS) is 23.0. The van der Waals surface area contributed by atoms with Crippen molar-refractivity contribution in [3.63, 3.8) is 0 Å². The third kappa shape index (κ3) is 2.41. The number of rotatable bonds is 2. The van der Waals surface area contributed by atoms with Gasteiger partial charge in [0.25, 0.3) is 0 Å². The molecular formula is C12H15BrO2. The molecule has 2 rings (SSSR count). The Morgan fingerprint density at radius 1 is 1.53 bits per heavy atom. The van der Waals surface area contributed by atoms with Crippen molar-refractivity contribution >= 4 is 15.9 Å². The van der Waals surface area contributed by atoms with E-state index in [2.05, 4.69) is 15.9 Å². The summed E-state index contributed by atoms with van der Waals surface area (Å²) in [7, 11) is 0. The van der Waals surface area contributed by atoms with Crippen LogP contribution in [0.3, 0.4) is 0 Å². The topological polar surface area (TPSA) is 29.5 Å². The van der Waals surface area contributed by atoms with Gasteiger partial charge in [0.05, 0.1) is 12.7 Å². The van der Waals surface area contributed by atoms with E-state index in [0.29, 0.717) is 6.61 Å². The molecule has 0 spiro atoms. The van der Waals surface area contributed by atoms with Gasteiger partial charge in [-0.05, 0) is 36.6 Å². The molecule has 1 N–H and O–H groups in total. The highest BCUT2D eigenvalue weighted by Crippen LogP contribution is 2.31. The number of ether oxygens (including phenoxy) is 1. The minimum atomic E-state index is -0.398. The molecule has 0 radical (unpaired) electrons. The van der Waals surface area contributed by atoms with Gasteiger partial charge in [-0.1, -0.05) is 22.0 Å². The zero-order valence-corrected chi connectivity index (χ0v) is 10.3. The lowest BCUT2D eigenvalue weighted by atomic mass is 9.92. The summed E-state index contributed by atoms with van der Waals surface area (Å²) in [5.41, 5.74) is 2.15. The first-order valence-corrected chi connectivity index (χ1v) is 5.99. The summed E-state index contributed by atoms with van der Waals surface area (Å²) in [6, 6.07) is 6.02. The van der Waals surface area contributed by atoms with Gasteiger partial charge >= 0.3 is 0 Å². The molecular weight excluding hydrogens is 256 g/mol. The van der Waals surface area contributed by atoms with Gasteiger partial charge in [-0.2, -0.15) is 0 Å². The third-order valence-corrected chi connectivity index (χ3v) is 3.46. The molecule has 1 aromatic carbocycles. The van der Waals surface area contributed by atoms with E-state index in [1.165, 1.54) is 0 Å². The van der Waals surface area contributed by atoms with Crippen molar-refractivity contribution in [1.29, 1.82) is 0 Å². The summed E-state index contributed by atoms with van der Waals surface area (Å²) in [4.78, 5) is 0. The molecule has 1 aliphatic rings. The van der Waals surface area contributed by atoms with E-state index in [-0.39, 0.29) is 5.92 Å². The SMILES string of the molecule is Cc1ccc(Br)cc1C(O)C1CCOC1. The summed E-state index contributed by atoms with van der Waals surface area (Å²) in [5, 5.41) is 10.2. The van der Waals surface area contributed by atoms with Crippen LogP contribution in [-0.2, 0) is 4.74 Å². The van der Waals surface area contributed by atoms with E-state index < -0.39 is 6.10 Å². The fraction of sp³-hybridized carbons (Fsp3) is 0.500. The third-order valence-electron chi connectivity index (χ3n) is 2.97. The van der Waals surface area contributed by atoms with Gasteiger partial charge in [0, 0.05) is 17.0 Å². The van der Waals surface area contributed by atoms with Crippen LogP contribution in [0.1, 0.15) is 23.7 Å². The van der Waals surface area contributed by atoms with Gasteiger partial charge in [-0.15, -0.1) is 0 Å². The summed E-state index contributed by atoms with van der Waals surface area (Å²) < 4.78 is 6.31. The molecule has 1 heterocycles. The number of aliphatic hydroxyl groups is 1. The van der Waals surface area contributed by atoms with Crippen molar-refractivity contribution in [3.05, 3.63) is 33.8 Å². The largest absolute Gasteiger partial charge is 0.388 e. The number of benzene rings is 1. The molecule has 3 heteroatoms. The summed E-state index contributed by atoms with van der Waals surface area (Å²) in [5.74, 6) is 0.248. The van der Waals surface area contributed by atoms with E-state index >= 15 is 0 Å². The highest BCUT2D eigenvalue weighted by Gasteiger charge is 2.26. The van der Waals surface area contributed by atoms with Gasteiger partial charge in [0.1, 0.15) is 0 Å². The Labute approximate surface area is 98.4 Å². The summed E-state index contributed by atoms with van der Waals surface area (Å²) in [6.45, 7) is 3.47. The average Bonchev–Trinajstić information content (AvgIpc) is 2.74. The van der Waals surface area contributed by atoms with Crippen molar-refractivity contribution in [1.82, 2.24) is 0 Å². The number of aliphatic hydroxyl groups excluding tert-OH is 1. The Hall–Kier alpha value is -0.380. The fourth-order valence-electron chi connectivity index (χ4n) is 1.99. The molecule has 0 bridgehead atoms. The van der Waals surface area contributed by atoms with Crippen LogP contribution in [-0.4, -0.2) is 18.3 Å². The zero-order valence-electron chi connectivity index (χ0n) is 8.74. The molecule has 0 aromatic heterocycles. The molecule has 1 fully saturated rings. The Bertz CT molecular complexity index is 345. The highest BCUT2D eigenvalue weighted by molar-refractivity contribution is 9.10. The Balaban J connectivity index is 2.23. The van der Waals surface area contributed by atoms with Crippen LogP contribution in [0, 0.1) is 12.8 Å². The van der Waals surface area contributed by atoms with Crippen molar-refractivity contribution in [2.75, 3.05) is 13.2 Å². The molecule has 2 unspecified atom stereocenters. The molecule has 2 atom stereocenters. The molecule has 0 amide bonds. The van der Waals surface area contributed by atoms with Crippen LogP contribution >= 0.6 is 15.9 Å².